The van der Waals surface area contributed by atoms with Gasteiger partial charge in [0.1, 0.15) is 5.75 Å². The number of nitro benzene ring substituents is 1. The van der Waals surface area contributed by atoms with Crippen molar-refractivity contribution in [2.45, 2.75) is 12.5 Å². The minimum Gasteiger partial charge on any atom is -0.484 e. The normalized spacial score (nSPS) is 17.1. The fourth-order valence-electron chi connectivity index (χ4n) is 1.86. The summed E-state index contributed by atoms with van der Waals surface area (Å²) in [5, 5.41) is 16.5. The summed E-state index contributed by atoms with van der Waals surface area (Å²) in [4.78, 5) is 21.6. The number of hydrogen-bond acceptors (Lipinski definition) is 5. The van der Waals surface area contributed by atoms with Crippen molar-refractivity contribution in [2.24, 2.45) is 0 Å². The Morgan fingerprint density at radius 3 is 2.70 bits per heavy atom. The molecule has 1 unspecified atom stereocenters. The molecule has 0 spiro atoms. The second-order valence-electron chi connectivity index (χ2n) is 4.30. The molecule has 1 atom stereocenters. The molecule has 2 N–H and O–H groups in total. The molecule has 1 aromatic carbocycles. The van der Waals surface area contributed by atoms with Gasteiger partial charge >= 0.3 is 0 Å². The smallest absolute Gasteiger partial charge is 0.269 e. The standard InChI is InChI=1S/C12H15N3O4.ClH/c16-12(14-9-5-6-13-7-9)8-19-11-3-1-10(2-4-11)15(17)18;/h1-4,9,13H,5-8H2,(H,14,16);1H. The van der Waals surface area contributed by atoms with Gasteiger partial charge in [-0.3, -0.25) is 14.9 Å². The van der Waals surface area contributed by atoms with Crippen molar-refractivity contribution in [2.75, 3.05) is 19.7 Å². The van der Waals surface area contributed by atoms with Crippen LogP contribution in [0.2, 0.25) is 0 Å². The molecule has 0 aliphatic carbocycles. The number of rotatable bonds is 5. The number of halogens is 1. The second kappa shape index (κ2) is 7.66. The van der Waals surface area contributed by atoms with Gasteiger partial charge < -0.3 is 15.4 Å². The van der Waals surface area contributed by atoms with Gasteiger partial charge in [-0.25, -0.2) is 0 Å². The molecule has 0 saturated carbocycles. The van der Waals surface area contributed by atoms with Crippen LogP contribution in [-0.2, 0) is 4.79 Å². The van der Waals surface area contributed by atoms with E-state index >= 15 is 0 Å². The Labute approximate surface area is 122 Å². The summed E-state index contributed by atoms with van der Waals surface area (Å²) in [5.74, 6) is 0.248. The van der Waals surface area contributed by atoms with Gasteiger partial charge in [-0.15, -0.1) is 12.4 Å². The van der Waals surface area contributed by atoms with E-state index in [2.05, 4.69) is 10.6 Å². The Bertz CT molecular complexity index is 460. The average molecular weight is 302 g/mol. The third-order valence-corrected chi connectivity index (χ3v) is 2.84. The molecule has 8 heteroatoms. The lowest BCUT2D eigenvalue weighted by molar-refractivity contribution is -0.384. The zero-order valence-corrected chi connectivity index (χ0v) is 11.5. The van der Waals surface area contributed by atoms with Crippen LogP contribution in [0.1, 0.15) is 6.42 Å². The van der Waals surface area contributed by atoms with Gasteiger partial charge in [0, 0.05) is 24.7 Å². The number of nitrogens with zero attached hydrogens (tertiary/aromatic N) is 1. The van der Waals surface area contributed by atoms with E-state index in [1.807, 2.05) is 0 Å². The zero-order valence-electron chi connectivity index (χ0n) is 10.7. The van der Waals surface area contributed by atoms with Gasteiger partial charge in [0.15, 0.2) is 6.61 Å². The molecular weight excluding hydrogens is 286 g/mol. The summed E-state index contributed by atoms with van der Waals surface area (Å²) in [6, 6.07) is 5.79. The largest absolute Gasteiger partial charge is 0.484 e. The summed E-state index contributed by atoms with van der Waals surface area (Å²) in [6.45, 7) is 1.60. The first-order valence-electron chi connectivity index (χ1n) is 6.02. The molecule has 7 nitrogen and oxygen atoms in total. The summed E-state index contributed by atoms with van der Waals surface area (Å²) in [7, 11) is 0. The maximum absolute atomic E-state index is 11.6. The van der Waals surface area contributed by atoms with Crippen LogP contribution in [0.25, 0.3) is 0 Å². The molecular formula is C12H16ClN3O4. The molecule has 1 fully saturated rings. The number of nitro groups is 1. The number of hydrogen-bond donors (Lipinski definition) is 2. The van der Waals surface area contributed by atoms with Crippen molar-refractivity contribution in [3.8, 4) is 5.75 Å². The van der Waals surface area contributed by atoms with E-state index in [0.29, 0.717) is 5.75 Å². The van der Waals surface area contributed by atoms with Crippen molar-refractivity contribution in [1.82, 2.24) is 10.6 Å². The molecule has 0 bridgehead atoms. The monoisotopic (exact) mass is 301 g/mol. The van der Waals surface area contributed by atoms with E-state index in [1.165, 1.54) is 24.3 Å². The van der Waals surface area contributed by atoms with E-state index < -0.39 is 4.92 Å². The molecule has 0 aromatic heterocycles. The Balaban J connectivity index is 0.00000200. The quantitative estimate of drug-likeness (QED) is 0.622. The number of non-ortho nitro benzene ring substituents is 1. The van der Waals surface area contributed by atoms with Crippen LogP contribution in [0.4, 0.5) is 5.69 Å². The molecule has 2 rings (SSSR count). The summed E-state index contributed by atoms with van der Waals surface area (Å²) in [6.07, 6.45) is 0.920. The molecule has 1 amide bonds. The van der Waals surface area contributed by atoms with Crippen LogP contribution in [0.15, 0.2) is 24.3 Å². The number of carbonyl (C=O) groups is 1. The summed E-state index contributed by atoms with van der Waals surface area (Å²) in [5.41, 5.74) is -0.00571. The van der Waals surface area contributed by atoms with Gasteiger partial charge in [0.2, 0.25) is 0 Å². The first kappa shape index (κ1) is 16.2. The van der Waals surface area contributed by atoms with Crippen molar-refractivity contribution in [3.05, 3.63) is 34.4 Å². The lowest BCUT2D eigenvalue weighted by Crippen LogP contribution is -2.39. The number of nitrogens with one attached hydrogen (secondary N) is 2. The Morgan fingerprint density at radius 2 is 2.15 bits per heavy atom. The maximum atomic E-state index is 11.6. The number of benzene rings is 1. The molecule has 110 valence electrons. The zero-order chi connectivity index (χ0) is 13.7. The Kier molecular flexibility index (Phi) is 6.20. The predicted molar refractivity (Wildman–Crippen MR) is 75.3 cm³/mol. The number of amides is 1. The topological polar surface area (TPSA) is 93.5 Å². The Hall–Kier alpha value is -1.86. The summed E-state index contributed by atoms with van der Waals surface area (Å²) < 4.78 is 5.26. The van der Waals surface area contributed by atoms with Crippen molar-refractivity contribution in [3.63, 3.8) is 0 Å². The van der Waals surface area contributed by atoms with E-state index in [0.717, 1.165) is 19.5 Å². The van der Waals surface area contributed by atoms with Crippen molar-refractivity contribution < 1.29 is 14.5 Å². The Morgan fingerprint density at radius 1 is 1.45 bits per heavy atom. The second-order valence-corrected chi connectivity index (χ2v) is 4.30. The van der Waals surface area contributed by atoms with Gasteiger partial charge in [-0.1, -0.05) is 0 Å². The SMILES string of the molecule is Cl.O=C(COc1ccc([N+](=O)[O-])cc1)NC1CCNC1. The highest BCUT2D eigenvalue weighted by Crippen LogP contribution is 2.17. The number of carbonyl (C=O) groups excluding carboxylic acids is 1. The van der Waals surface area contributed by atoms with Crippen LogP contribution >= 0.6 is 12.4 Å². The summed E-state index contributed by atoms with van der Waals surface area (Å²) >= 11 is 0. The molecule has 1 aliphatic rings. The minimum absolute atomic E-state index is 0. The van der Waals surface area contributed by atoms with E-state index in [-0.39, 0.29) is 36.7 Å². The van der Waals surface area contributed by atoms with E-state index in [4.69, 9.17) is 4.74 Å². The first-order valence-corrected chi connectivity index (χ1v) is 6.02. The third kappa shape index (κ3) is 4.67. The molecule has 1 aromatic rings. The van der Waals surface area contributed by atoms with Crippen LogP contribution in [0.5, 0.6) is 5.75 Å². The highest BCUT2D eigenvalue weighted by Gasteiger charge is 2.16. The van der Waals surface area contributed by atoms with Crippen LogP contribution in [0, 0.1) is 10.1 Å². The highest BCUT2D eigenvalue weighted by atomic mass is 35.5. The van der Waals surface area contributed by atoms with Crippen LogP contribution in [-0.4, -0.2) is 36.6 Å². The van der Waals surface area contributed by atoms with Gasteiger partial charge in [-0.05, 0) is 25.1 Å². The number of ether oxygens (including phenoxy) is 1. The molecule has 1 heterocycles. The van der Waals surface area contributed by atoms with Gasteiger partial charge in [-0.2, -0.15) is 0 Å². The van der Waals surface area contributed by atoms with Crippen LogP contribution < -0.4 is 15.4 Å². The third-order valence-electron chi connectivity index (χ3n) is 2.84. The predicted octanol–water partition coefficient (Wildman–Crippen LogP) is 0.873. The van der Waals surface area contributed by atoms with Crippen molar-refractivity contribution in [1.29, 1.82) is 0 Å². The molecule has 0 radical (unpaired) electrons. The average Bonchev–Trinajstić information content (AvgIpc) is 2.89. The fraction of sp³-hybridized carbons (Fsp3) is 0.417. The van der Waals surface area contributed by atoms with E-state index in [9.17, 15) is 14.9 Å². The highest BCUT2D eigenvalue weighted by molar-refractivity contribution is 5.85. The van der Waals surface area contributed by atoms with Gasteiger partial charge in [0.25, 0.3) is 11.6 Å². The van der Waals surface area contributed by atoms with E-state index in [1.54, 1.807) is 0 Å². The maximum Gasteiger partial charge on any atom is 0.269 e. The molecule has 20 heavy (non-hydrogen) atoms. The minimum atomic E-state index is -0.483. The first-order chi connectivity index (χ1) is 9.15. The lowest BCUT2D eigenvalue weighted by atomic mass is 10.2. The van der Waals surface area contributed by atoms with Gasteiger partial charge in [0.05, 0.1) is 4.92 Å². The molecule has 1 aliphatic heterocycles. The molecule has 1 saturated heterocycles. The fourth-order valence-corrected chi connectivity index (χ4v) is 1.86. The lowest BCUT2D eigenvalue weighted by Gasteiger charge is -2.11. The van der Waals surface area contributed by atoms with Crippen LogP contribution in [0.3, 0.4) is 0 Å². The van der Waals surface area contributed by atoms with Crippen molar-refractivity contribution >= 4 is 24.0 Å².